The zero-order chi connectivity index (χ0) is 17.4. The maximum Gasteiger partial charge on any atom is 0.225 e. The number of nitrogens with one attached hydrogen (secondary N) is 1. The van der Waals surface area contributed by atoms with Crippen LogP contribution in [0.25, 0.3) is 0 Å². The number of nitrogens with zero attached hydrogens (tertiary/aromatic N) is 1. The van der Waals surface area contributed by atoms with E-state index in [1.807, 2.05) is 12.1 Å². The largest absolute Gasteiger partial charge is 0.396 e. The van der Waals surface area contributed by atoms with Crippen LogP contribution >= 0.6 is 11.8 Å². The zero-order valence-electron chi connectivity index (χ0n) is 14.2. The molecule has 0 radical (unpaired) electrons. The van der Waals surface area contributed by atoms with Crippen LogP contribution in [0.4, 0.5) is 5.82 Å². The quantitative estimate of drug-likeness (QED) is 0.720. The lowest BCUT2D eigenvalue weighted by Gasteiger charge is -2.08. The summed E-state index contributed by atoms with van der Waals surface area (Å²) < 4.78 is 0. The summed E-state index contributed by atoms with van der Waals surface area (Å²) in [4.78, 5) is 16.3. The fourth-order valence-corrected chi connectivity index (χ4v) is 3.16. The van der Waals surface area contributed by atoms with Crippen molar-refractivity contribution in [2.75, 3.05) is 17.7 Å². The molecule has 0 atom stereocenters. The van der Waals surface area contributed by atoms with Crippen LogP contribution in [0.5, 0.6) is 0 Å². The minimum atomic E-state index is -0.0253. The molecule has 1 amide bonds. The molecule has 0 saturated carbocycles. The van der Waals surface area contributed by atoms with Crippen LogP contribution in [0, 0.1) is 13.8 Å². The van der Waals surface area contributed by atoms with Gasteiger partial charge < -0.3 is 10.4 Å². The molecule has 0 fully saturated rings. The summed E-state index contributed by atoms with van der Waals surface area (Å²) in [6.45, 7) is 4.33. The molecule has 0 aliphatic rings. The normalized spacial score (nSPS) is 10.6. The Morgan fingerprint density at radius 3 is 2.83 bits per heavy atom. The number of carbonyl (C=O) groups is 1. The summed E-state index contributed by atoms with van der Waals surface area (Å²) in [6.07, 6.45) is 2.87. The molecule has 2 aromatic rings. The maximum absolute atomic E-state index is 12.1. The molecular formula is C19H24N2O2S. The molecule has 5 heteroatoms. The monoisotopic (exact) mass is 344 g/mol. The second-order valence-electron chi connectivity index (χ2n) is 5.80. The van der Waals surface area contributed by atoms with Gasteiger partial charge in [-0.25, -0.2) is 4.98 Å². The zero-order valence-corrected chi connectivity index (χ0v) is 15.0. The third kappa shape index (κ3) is 5.98. The highest BCUT2D eigenvalue weighted by atomic mass is 32.2. The summed E-state index contributed by atoms with van der Waals surface area (Å²) in [7, 11) is 0. The topological polar surface area (TPSA) is 62.2 Å². The maximum atomic E-state index is 12.1. The van der Waals surface area contributed by atoms with Crippen LogP contribution in [0.2, 0.25) is 0 Å². The van der Waals surface area contributed by atoms with Gasteiger partial charge in [-0.05, 0) is 49.1 Å². The minimum absolute atomic E-state index is 0.0253. The van der Waals surface area contributed by atoms with Gasteiger partial charge in [0.1, 0.15) is 5.82 Å². The van der Waals surface area contributed by atoms with Gasteiger partial charge in [-0.15, -0.1) is 0 Å². The van der Waals surface area contributed by atoms with E-state index in [9.17, 15) is 4.79 Å². The Bertz CT molecular complexity index is 689. The molecule has 1 heterocycles. The van der Waals surface area contributed by atoms with E-state index in [2.05, 4.69) is 42.3 Å². The first-order valence-corrected chi connectivity index (χ1v) is 9.23. The standard InChI is InChI=1S/C19H24N2O2S/c1-14-3-4-17(15(2)11-14)5-6-19(23)21-18-12-16(7-8-20-18)13-24-10-9-22/h3-4,7-8,11-12,22H,5-6,9-10,13H2,1-2H3,(H,20,21,23). The first-order chi connectivity index (χ1) is 11.6. The van der Waals surface area contributed by atoms with Gasteiger partial charge in [0.25, 0.3) is 0 Å². The van der Waals surface area contributed by atoms with Crippen LogP contribution < -0.4 is 5.32 Å². The summed E-state index contributed by atoms with van der Waals surface area (Å²) in [6, 6.07) is 10.1. The molecule has 1 aromatic carbocycles. The number of rotatable bonds is 8. The second kappa shape index (κ2) is 9.45. The van der Waals surface area contributed by atoms with E-state index in [1.54, 1.807) is 18.0 Å². The molecule has 1 aromatic heterocycles. The number of aromatic nitrogens is 1. The van der Waals surface area contributed by atoms with Crippen LogP contribution in [-0.2, 0) is 17.0 Å². The molecule has 0 spiro atoms. The predicted octanol–water partition coefficient (Wildman–Crippen LogP) is 3.50. The van der Waals surface area contributed by atoms with Crippen LogP contribution in [-0.4, -0.2) is 28.4 Å². The average Bonchev–Trinajstić information content (AvgIpc) is 2.55. The number of benzene rings is 1. The Balaban J connectivity index is 1.86. The first-order valence-electron chi connectivity index (χ1n) is 8.08. The number of thioether (sulfide) groups is 1. The van der Waals surface area contributed by atoms with E-state index in [4.69, 9.17) is 5.11 Å². The highest BCUT2D eigenvalue weighted by molar-refractivity contribution is 7.98. The molecule has 0 saturated heterocycles. The number of anilines is 1. The van der Waals surface area contributed by atoms with Gasteiger partial charge in [0.05, 0.1) is 6.61 Å². The fraction of sp³-hybridized carbons (Fsp3) is 0.368. The van der Waals surface area contributed by atoms with Crippen molar-refractivity contribution in [2.45, 2.75) is 32.4 Å². The van der Waals surface area contributed by atoms with Gasteiger partial charge in [0.15, 0.2) is 0 Å². The summed E-state index contributed by atoms with van der Waals surface area (Å²) in [5, 5.41) is 11.7. The van der Waals surface area contributed by atoms with Crippen LogP contribution in [0.1, 0.15) is 28.7 Å². The molecule has 0 unspecified atom stereocenters. The molecule has 2 N–H and O–H groups in total. The molecule has 0 aliphatic carbocycles. The molecule has 0 aliphatic heterocycles. The van der Waals surface area contributed by atoms with Gasteiger partial charge in [-0.3, -0.25) is 4.79 Å². The number of aryl methyl sites for hydroxylation is 3. The van der Waals surface area contributed by atoms with Crippen molar-refractivity contribution in [3.05, 3.63) is 58.8 Å². The van der Waals surface area contributed by atoms with Crippen molar-refractivity contribution < 1.29 is 9.90 Å². The van der Waals surface area contributed by atoms with E-state index < -0.39 is 0 Å². The molecule has 24 heavy (non-hydrogen) atoms. The molecule has 4 nitrogen and oxygen atoms in total. The Morgan fingerprint density at radius 1 is 1.25 bits per heavy atom. The van der Waals surface area contributed by atoms with Gasteiger partial charge in [-0.1, -0.05) is 23.8 Å². The number of aliphatic hydroxyl groups excluding tert-OH is 1. The SMILES string of the molecule is Cc1ccc(CCC(=O)Nc2cc(CSCCO)ccn2)c(C)c1. The molecule has 0 bridgehead atoms. The van der Waals surface area contributed by atoms with Crippen LogP contribution in [0.3, 0.4) is 0 Å². The summed E-state index contributed by atoms with van der Waals surface area (Å²) >= 11 is 1.65. The van der Waals surface area contributed by atoms with Gasteiger partial charge in [0, 0.05) is 24.1 Å². The van der Waals surface area contributed by atoms with Gasteiger partial charge in [-0.2, -0.15) is 11.8 Å². The van der Waals surface area contributed by atoms with E-state index in [0.717, 1.165) is 17.7 Å². The number of aliphatic hydroxyl groups is 1. The van der Waals surface area contributed by atoms with Crippen LogP contribution in [0.15, 0.2) is 36.5 Å². The van der Waals surface area contributed by atoms with Crippen molar-refractivity contribution in [3.63, 3.8) is 0 Å². The Morgan fingerprint density at radius 2 is 2.08 bits per heavy atom. The summed E-state index contributed by atoms with van der Waals surface area (Å²) in [5.41, 5.74) is 4.76. The Labute approximate surface area is 147 Å². The average molecular weight is 344 g/mol. The number of carbonyl (C=O) groups excluding carboxylic acids is 1. The molecular weight excluding hydrogens is 320 g/mol. The van der Waals surface area contributed by atoms with Gasteiger partial charge >= 0.3 is 0 Å². The van der Waals surface area contributed by atoms with E-state index in [-0.39, 0.29) is 12.5 Å². The molecule has 128 valence electrons. The van der Waals surface area contributed by atoms with Gasteiger partial charge in [0.2, 0.25) is 5.91 Å². The third-order valence-electron chi connectivity index (χ3n) is 3.72. The van der Waals surface area contributed by atoms with Crippen molar-refractivity contribution in [1.29, 1.82) is 0 Å². The fourth-order valence-electron chi connectivity index (χ4n) is 2.47. The van der Waals surface area contributed by atoms with E-state index >= 15 is 0 Å². The number of hydrogen-bond acceptors (Lipinski definition) is 4. The lowest BCUT2D eigenvalue weighted by Crippen LogP contribution is -2.13. The van der Waals surface area contributed by atoms with Crippen molar-refractivity contribution in [3.8, 4) is 0 Å². The van der Waals surface area contributed by atoms with Crippen molar-refractivity contribution >= 4 is 23.5 Å². The van der Waals surface area contributed by atoms with Crippen molar-refractivity contribution in [1.82, 2.24) is 4.98 Å². The third-order valence-corrected chi connectivity index (χ3v) is 4.72. The number of pyridine rings is 1. The highest BCUT2D eigenvalue weighted by Crippen LogP contribution is 2.16. The Hall–Kier alpha value is -1.85. The lowest BCUT2D eigenvalue weighted by molar-refractivity contribution is -0.116. The minimum Gasteiger partial charge on any atom is -0.396 e. The van der Waals surface area contributed by atoms with E-state index in [1.165, 1.54) is 16.7 Å². The first kappa shape index (κ1) is 18.5. The van der Waals surface area contributed by atoms with E-state index in [0.29, 0.717) is 18.0 Å². The second-order valence-corrected chi connectivity index (χ2v) is 6.91. The Kier molecular flexibility index (Phi) is 7.28. The smallest absolute Gasteiger partial charge is 0.225 e. The highest BCUT2D eigenvalue weighted by Gasteiger charge is 2.06. The van der Waals surface area contributed by atoms with Crippen molar-refractivity contribution in [2.24, 2.45) is 0 Å². The summed E-state index contributed by atoms with van der Waals surface area (Å²) in [5.74, 6) is 2.07. The lowest BCUT2D eigenvalue weighted by atomic mass is 10.0. The number of amides is 1. The molecule has 2 rings (SSSR count). The number of hydrogen-bond donors (Lipinski definition) is 2. The predicted molar refractivity (Wildman–Crippen MR) is 100 cm³/mol.